The normalized spacial score (nSPS) is 9.95. The quantitative estimate of drug-likeness (QED) is 0.827. The lowest BCUT2D eigenvalue weighted by Gasteiger charge is -2.12. The lowest BCUT2D eigenvalue weighted by atomic mass is 10.00. The second-order valence-corrected chi connectivity index (χ2v) is 4.50. The van der Waals surface area contributed by atoms with Gasteiger partial charge in [0.2, 0.25) is 0 Å². The third kappa shape index (κ3) is 3.60. The number of methoxy groups -OCH3 is 1. The maximum atomic E-state index is 10.9. The van der Waals surface area contributed by atoms with Crippen molar-refractivity contribution in [3.63, 3.8) is 0 Å². The van der Waals surface area contributed by atoms with Crippen molar-refractivity contribution >= 4 is 12.3 Å². The van der Waals surface area contributed by atoms with Gasteiger partial charge in [-0.15, -0.1) is 0 Å². The average Bonchev–Trinajstić information content (AvgIpc) is 2.52. The van der Waals surface area contributed by atoms with E-state index in [2.05, 4.69) is 5.32 Å². The Morgan fingerprint density at radius 1 is 1.29 bits per heavy atom. The van der Waals surface area contributed by atoms with E-state index in [0.717, 1.165) is 23.0 Å². The molecule has 21 heavy (non-hydrogen) atoms. The Morgan fingerprint density at radius 2 is 2.10 bits per heavy atom. The number of rotatable bonds is 5. The number of hydrogen-bond donors (Lipinski definition) is 2. The summed E-state index contributed by atoms with van der Waals surface area (Å²) in [5.41, 5.74) is 8.28. The van der Waals surface area contributed by atoms with E-state index < -0.39 is 6.03 Å². The highest BCUT2D eigenvalue weighted by atomic mass is 16.5. The molecule has 2 aromatic carbocycles. The van der Waals surface area contributed by atoms with Gasteiger partial charge in [0, 0.05) is 17.7 Å². The van der Waals surface area contributed by atoms with Gasteiger partial charge in [0.15, 0.2) is 0 Å². The second kappa shape index (κ2) is 6.56. The molecule has 2 aromatic rings. The lowest BCUT2D eigenvalue weighted by molar-refractivity contribution is 0.112. The first-order chi connectivity index (χ1) is 10.1. The van der Waals surface area contributed by atoms with Gasteiger partial charge >= 0.3 is 6.03 Å². The molecular weight excluding hydrogens is 268 g/mol. The van der Waals surface area contributed by atoms with E-state index in [1.54, 1.807) is 19.2 Å². The van der Waals surface area contributed by atoms with E-state index in [4.69, 9.17) is 10.5 Å². The van der Waals surface area contributed by atoms with Crippen LogP contribution in [-0.4, -0.2) is 19.4 Å². The minimum atomic E-state index is -0.574. The van der Waals surface area contributed by atoms with Crippen LogP contribution in [0.3, 0.4) is 0 Å². The van der Waals surface area contributed by atoms with Crippen molar-refractivity contribution in [2.24, 2.45) is 5.73 Å². The Morgan fingerprint density at radius 3 is 2.76 bits per heavy atom. The molecule has 0 heterocycles. The van der Waals surface area contributed by atoms with Crippen LogP contribution < -0.4 is 15.8 Å². The van der Waals surface area contributed by atoms with Crippen molar-refractivity contribution in [2.75, 3.05) is 7.11 Å². The Bertz CT molecular complexity index is 668. The van der Waals surface area contributed by atoms with Gasteiger partial charge in [-0.3, -0.25) is 4.79 Å². The summed E-state index contributed by atoms with van der Waals surface area (Å²) >= 11 is 0. The van der Waals surface area contributed by atoms with E-state index >= 15 is 0 Å². The molecule has 0 aliphatic heterocycles. The van der Waals surface area contributed by atoms with Gasteiger partial charge in [0.05, 0.1) is 7.11 Å². The van der Waals surface area contributed by atoms with Crippen molar-refractivity contribution in [3.8, 4) is 16.9 Å². The Balaban J connectivity index is 2.41. The molecule has 5 heteroatoms. The summed E-state index contributed by atoms with van der Waals surface area (Å²) in [5.74, 6) is 0.695. The molecule has 3 N–H and O–H groups in total. The van der Waals surface area contributed by atoms with Crippen molar-refractivity contribution in [2.45, 2.75) is 6.54 Å². The number of nitrogens with two attached hydrogens (primary N) is 1. The summed E-state index contributed by atoms with van der Waals surface area (Å²) in [4.78, 5) is 21.7. The molecule has 2 amide bonds. The zero-order valence-electron chi connectivity index (χ0n) is 11.6. The smallest absolute Gasteiger partial charge is 0.312 e. The number of primary amides is 1. The van der Waals surface area contributed by atoms with Crippen LogP contribution in [0.2, 0.25) is 0 Å². The molecule has 2 rings (SSSR count). The van der Waals surface area contributed by atoms with E-state index in [-0.39, 0.29) is 0 Å². The fourth-order valence-electron chi connectivity index (χ4n) is 2.06. The van der Waals surface area contributed by atoms with Crippen LogP contribution in [0.25, 0.3) is 11.1 Å². The molecule has 0 spiro atoms. The zero-order chi connectivity index (χ0) is 15.2. The number of nitrogens with one attached hydrogen (secondary N) is 1. The van der Waals surface area contributed by atoms with Gasteiger partial charge in [-0.1, -0.05) is 24.3 Å². The molecule has 0 saturated carbocycles. The minimum absolute atomic E-state index is 0.333. The number of amides is 2. The SMILES string of the molecule is COc1ccc(CNC(N)=O)cc1-c1cccc(C=O)c1. The molecule has 5 nitrogen and oxygen atoms in total. The van der Waals surface area contributed by atoms with Gasteiger partial charge in [-0.05, 0) is 29.3 Å². The van der Waals surface area contributed by atoms with Crippen LogP contribution >= 0.6 is 0 Å². The van der Waals surface area contributed by atoms with Crippen LogP contribution in [0.15, 0.2) is 42.5 Å². The van der Waals surface area contributed by atoms with Gasteiger partial charge < -0.3 is 15.8 Å². The molecule has 0 saturated heterocycles. The Kier molecular flexibility index (Phi) is 4.56. The number of carbonyl (C=O) groups excluding carboxylic acids is 2. The van der Waals surface area contributed by atoms with Crippen LogP contribution in [0.4, 0.5) is 4.79 Å². The van der Waals surface area contributed by atoms with Gasteiger partial charge in [-0.2, -0.15) is 0 Å². The van der Waals surface area contributed by atoms with Crippen molar-refractivity contribution in [3.05, 3.63) is 53.6 Å². The topological polar surface area (TPSA) is 81.4 Å². The molecule has 0 fully saturated rings. The number of urea groups is 1. The van der Waals surface area contributed by atoms with Crippen LogP contribution in [0, 0.1) is 0 Å². The molecule has 0 aliphatic carbocycles. The summed E-state index contributed by atoms with van der Waals surface area (Å²) in [6, 6.07) is 12.2. The van der Waals surface area contributed by atoms with E-state index in [0.29, 0.717) is 17.9 Å². The first kappa shape index (κ1) is 14.6. The molecule has 0 atom stereocenters. The lowest BCUT2D eigenvalue weighted by Crippen LogP contribution is -2.28. The van der Waals surface area contributed by atoms with Crippen LogP contribution in [-0.2, 0) is 6.54 Å². The number of aldehydes is 1. The molecule has 0 radical (unpaired) electrons. The highest BCUT2D eigenvalue weighted by molar-refractivity contribution is 5.80. The van der Waals surface area contributed by atoms with Crippen molar-refractivity contribution < 1.29 is 14.3 Å². The highest BCUT2D eigenvalue weighted by Crippen LogP contribution is 2.31. The maximum Gasteiger partial charge on any atom is 0.312 e. The predicted molar refractivity (Wildman–Crippen MR) is 80.2 cm³/mol. The maximum absolute atomic E-state index is 10.9. The monoisotopic (exact) mass is 284 g/mol. The fraction of sp³-hybridized carbons (Fsp3) is 0.125. The predicted octanol–water partition coefficient (Wildman–Crippen LogP) is 2.34. The summed E-state index contributed by atoms with van der Waals surface area (Å²) in [7, 11) is 1.59. The van der Waals surface area contributed by atoms with Crippen LogP contribution in [0.1, 0.15) is 15.9 Å². The van der Waals surface area contributed by atoms with Gasteiger partial charge in [0.1, 0.15) is 12.0 Å². The molecule has 0 unspecified atom stereocenters. The summed E-state index contributed by atoms with van der Waals surface area (Å²) < 4.78 is 5.35. The molecule has 0 aliphatic rings. The number of benzene rings is 2. The number of ether oxygens (including phenoxy) is 1. The zero-order valence-corrected chi connectivity index (χ0v) is 11.6. The van der Waals surface area contributed by atoms with E-state index in [1.165, 1.54) is 0 Å². The first-order valence-corrected chi connectivity index (χ1v) is 6.40. The average molecular weight is 284 g/mol. The number of hydrogen-bond acceptors (Lipinski definition) is 3. The highest BCUT2D eigenvalue weighted by Gasteiger charge is 2.08. The molecular formula is C16H16N2O3. The Labute approximate surface area is 122 Å². The van der Waals surface area contributed by atoms with E-state index in [1.807, 2.05) is 30.3 Å². The minimum Gasteiger partial charge on any atom is -0.496 e. The standard InChI is InChI=1S/C16H16N2O3/c1-21-15-6-5-11(9-18-16(17)20)8-14(15)13-4-2-3-12(7-13)10-19/h2-8,10H,9H2,1H3,(H3,17,18,20). The molecule has 0 bridgehead atoms. The summed E-state index contributed by atoms with van der Waals surface area (Å²) in [6.07, 6.45) is 0.800. The third-order valence-corrected chi connectivity index (χ3v) is 3.06. The largest absolute Gasteiger partial charge is 0.496 e. The van der Waals surface area contributed by atoms with Gasteiger partial charge in [-0.25, -0.2) is 4.79 Å². The second-order valence-electron chi connectivity index (χ2n) is 4.50. The summed E-state index contributed by atoms with van der Waals surface area (Å²) in [6.45, 7) is 0.333. The van der Waals surface area contributed by atoms with Crippen LogP contribution in [0.5, 0.6) is 5.75 Å². The summed E-state index contributed by atoms with van der Waals surface area (Å²) in [5, 5.41) is 2.54. The van der Waals surface area contributed by atoms with Crippen molar-refractivity contribution in [1.82, 2.24) is 5.32 Å². The number of carbonyl (C=O) groups is 2. The molecule has 0 aromatic heterocycles. The first-order valence-electron chi connectivity index (χ1n) is 6.40. The Hall–Kier alpha value is -2.82. The third-order valence-electron chi connectivity index (χ3n) is 3.06. The molecule has 108 valence electrons. The van der Waals surface area contributed by atoms with E-state index in [9.17, 15) is 9.59 Å². The fourth-order valence-corrected chi connectivity index (χ4v) is 2.06. The van der Waals surface area contributed by atoms with Gasteiger partial charge in [0.25, 0.3) is 0 Å². The van der Waals surface area contributed by atoms with Crippen molar-refractivity contribution in [1.29, 1.82) is 0 Å².